The van der Waals surface area contributed by atoms with Crippen molar-refractivity contribution in [1.29, 1.82) is 0 Å². The summed E-state index contributed by atoms with van der Waals surface area (Å²) in [7, 11) is 0. The Balaban J connectivity index is 1.92. The summed E-state index contributed by atoms with van der Waals surface area (Å²) >= 11 is 0. The lowest BCUT2D eigenvalue weighted by molar-refractivity contribution is -0.415. The third kappa shape index (κ3) is 3.96. The first-order valence-electron chi connectivity index (χ1n) is 8.66. The van der Waals surface area contributed by atoms with Crippen LogP contribution in [-0.2, 0) is 26.9 Å². The highest BCUT2D eigenvalue weighted by molar-refractivity contribution is 5.82. The zero-order valence-electron chi connectivity index (χ0n) is 15.0. The van der Waals surface area contributed by atoms with Gasteiger partial charge in [-0.05, 0) is 37.1 Å². The van der Waals surface area contributed by atoms with Crippen LogP contribution in [-0.4, -0.2) is 17.5 Å². The summed E-state index contributed by atoms with van der Waals surface area (Å²) in [6.45, 7) is 3.30. The second kappa shape index (κ2) is 6.88. The van der Waals surface area contributed by atoms with Crippen molar-refractivity contribution in [2.75, 3.05) is 0 Å². The Bertz CT molecular complexity index is 798. The summed E-state index contributed by atoms with van der Waals surface area (Å²) in [6, 6.07) is 1.45. The normalized spacial score (nSPS) is 31.4. The smallest absolute Gasteiger partial charge is 0.299 e. The molecule has 1 aromatic rings. The molecule has 0 N–H and O–H groups in total. The van der Waals surface area contributed by atoms with E-state index in [2.05, 4.69) is 0 Å². The van der Waals surface area contributed by atoms with E-state index in [9.17, 15) is 31.1 Å². The molecule has 0 spiro atoms. The number of alkyl halides is 6. The van der Waals surface area contributed by atoms with Crippen molar-refractivity contribution >= 4 is 11.9 Å². The van der Waals surface area contributed by atoms with Gasteiger partial charge in [0, 0.05) is 18.3 Å². The topological polar surface area (TPSA) is 35.5 Å². The molecule has 1 aliphatic carbocycles. The number of fused-ring (bicyclic) bond motifs is 2. The van der Waals surface area contributed by atoms with Crippen LogP contribution in [0.15, 0.2) is 24.3 Å². The summed E-state index contributed by atoms with van der Waals surface area (Å²) in [6.07, 6.45) is -7.18. The minimum atomic E-state index is -4.97. The van der Waals surface area contributed by atoms with Gasteiger partial charge in [0.05, 0.1) is 11.1 Å². The van der Waals surface area contributed by atoms with Gasteiger partial charge in [-0.15, -0.1) is 0 Å². The molecule has 0 aromatic heterocycles. The average molecular weight is 408 g/mol. The molecule has 2 bridgehead atoms. The molecule has 0 radical (unpaired) electrons. The Kier molecular flexibility index (Phi) is 5.12. The van der Waals surface area contributed by atoms with Crippen LogP contribution in [0.5, 0.6) is 0 Å². The molecule has 1 saturated carbocycles. The molecular formula is C19H18F6O3. The summed E-state index contributed by atoms with van der Waals surface area (Å²) in [5.41, 5.74) is -4.37. The van der Waals surface area contributed by atoms with E-state index in [1.54, 1.807) is 13.8 Å². The second-order valence-corrected chi connectivity index (χ2v) is 7.42. The Morgan fingerprint density at radius 1 is 1.14 bits per heavy atom. The summed E-state index contributed by atoms with van der Waals surface area (Å²) in [5.74, 6) is -0.638. The maximum Gasteiger partial charge on any atom is 0.417 e. The Morgan fingerprint density at radius 3 is 2.43 bits per heavy atom. The molecule has 4 atom stereocenters. The summed E-state index contributed by atoms with van der Waals surface area (Å²) < 4.78 is 78.2. The molecule has 1 saturated heterocycles. The standard InChI is InChI=1S/C19H18F6O3/c1-10-15(26)8-13-9-16(10)27-28-17(13,2)6-5-11-3-4-12(18(20,21)22)7-14(11)19(23,24)25/h3-7,10,13,16H,8-9H2,1-2H3/b6-5-/t10-,13+,16+,17+/m1/s1. The Morgan fingerprint density at radius 2 is 1.82 bits per heavy atom. The van der Waals surface area contributed by atoms with E-state index in [1.807, 2.05) is 0 Å². The number of rotatable bonds is 2. The molecule has 0 amide bonds. The number of Topliss-reactive ketones (excluding diaryl/α,β-unsaturated/α-hetero) is 1. The van der Waals surface area contributed by atoms with Gasteiger partial charge in [0.1, 0.15) is 17.5 Å². The fourth-order valence-corrected chi connectivity index (χ4v) is 3.54. The molecule has 3 nitrogen and oxygen atoms in total. The van der Waals surface area contributed by atoms with E-state index in [4.69, 9.17) is 9.78 Å². The zero-order valence-corrected chi connectivity index (χ0v) is 15.0. The first-order valence-corrected chi connectivity index (χ1v) is 8.66. The lowest BCUT2D eigenvalue weighted by Crippen LogP contribution is -2.52. The molecule has 2 aliphatic rings. The van der Waals surface area contributed by atoms with Crippen molar-refractivity contribution in [3.8, 4) is 0 Å². The maximum atomic E-state index is 13.3. The van der Waals surface area contributed by atoms with Crippen molar-refractivity contribution in [3.63, 3.8) is 0 Å². The molecule has 28 heavy (non-hydrogen) atoms. The Labute approximate surface area is 157 Å². The molecule has 1 aliphatic heterocycles. The SMILES string of the molecule is C[C@@H]1C(=O)C[C@H]2C[C@@H]1OO[C@@]2(C)/C=C\c1ccc(C(F)(F)F)cc1C(F)(F)F. The molecule has 0 unspecified atom stereocenters. The van der Waals surface area contributed by atoms with E-state index in [0.717, 1.165) is 12.1 Å². The van der Waals surface area contributed by atoms with Crippen LogP contribution in [0.2, 0.25) is 0 Å². The van der Waals surface area contributed by atoms with Crippen LogP contribution in [0.3, 0.4) is 0 Å². The quantitative estimate of drug-likeness (QED) is 0.483. The van der Waals surface area contributed by atoms with Gasteiger partial charge in [-0.1, -0.05) is 19.1 Å². The number of ketones is 1. The van der Waals surface area contributed by atoms with Gasteiger partial charge in [-0.25, -0.2) is 9.78 Å². The number of hydrogen-bond acceptors (Lipinski definition) is 3. The number of benzene rings is 1. The maximum absolute atomic E-state index is 13.3. The lowest BCUT2D eigenvalue weighted by Gasteiger charge is -2.45. The van der Waals surface area contributed by atoms with Gasteiger partial charge in [0.2, 0.25) is 0 Å². The van der Waals surface area contributed by atoms with Crippen LogP contribution in [0.25, 0.3) is 6.08 Å². The number of carbonyl (C=O) groups is 1. The second-order valence-electron chi connectivity index (χ2n) is 7.42. The zero-order chi connectivity index (χ0) is 20.9. The molecule has 2 fully saturated rings. The third-order valence-electron chi connectivity index (χ3n) is 5.47. The minimum absolute atomic E-state index is 0.0188. The van der Waals surface area contributed by atoms with E-state index < -0.39 is 40.7 Å². The third-order valence-corrected chi connectivity index (χ3v) is 5.47. The van der Waals surface area contributed by atoms with Crippen molar-refractivity contribution in [3.05, 3.63) is 41.0 Å². The van der Waals surface area contributed by atoms with E-state index in [1.165, 1.54) is 6.08 Å². The fourth-order valence-electron chi connectivity index (χ4n) is 3.54. The van der Waals surface area contributed by atoms with E-state index in [0.29, 0.717) is 12.5 Å². The highest BCUT2D eigenvalue weighted by Gasteiger charge is 2.49. The van der Waals surface area contributed by atoms with Crippen molar-refractivity contribution in [2.45, 2.75) is 50.7 Å². The monoisotopic (exact) mass is 408 g/mol. The van der Waals surface area contributed by atoms with Crippen LogP contribution in [0, 0.1) is 11.8 Å². The van der Waals surface area contributed by atoms with Gasteiger partial charge >= 0.3 is 12.4 Å². The molecule has 1 heterocycles. The van der Waals surface area contributed by atoms with Crippen LogP contribution in [0.4, 0.5) is 26.3 Å². The molecular weight excluding hydrogens is 390 g/mol. The minimum Gasteiger partial charge on any atom is -0.299 e. The Hall–Kier alpha value is -1.87. The van der Waals surface area contributed by atoms with E-state index in [-0.39, 0.29) is 30.1 Å². The largest absolute Gasteiger partial charge is 0.417 e. The predicted molar refractivity (Wildman–Crippen MR) is 86.7 cm³/mol. The first-order chi connectivity index (χ1) is 12.8. The summed E-state index contributed by atoms with van der Waals surface area (Å²) in [4.78, 5) is 22.7. The first kappa shape index (κ1) is 20.9. The van der Waals surface area contributed by atoms with Gasteiger partial charge in [0.15, 0.2) is 0 Å². The van der Waals surface area contributed by atoms with E-state index >= 15 is 0 Å². The van der Waals surface area contributed by atoms with Crippen molar-refractivity contribution in [1.82, 2.24) is 0 Å². The van der Waals surface area contributed by atoms with Crippen LogP contribution < -0.4 is 0 Å². The highest BCUT2D eigenvalue weighted by Crippen LogP contribution is 2.44. The van der Waals surface area contributed by atoms with Crippen molar-refractivity contribution < 1.29 is 40.9 Å². The average Bonchev–Trinajstić information content (AvgIpc) is 2.59. The van der Waals surface area contributed by atoms with Gasteiger partial charge in [-0.2, -0.15) is 26.3 Å². The van der Waals surface area contributed by atoms with Crippen LogP contribution in [0.1, 0.15) is 43.4 Å². The van der Waals surface area contributed by atoms with Gasteiger partial charge < -0.3 is 0 Å². The molecule has 154 valence electrons. The molecule has 9 heteroatoms. The highest BCUT2D eigenvalue weighted by atomic mass is 19.4. The van der Waals surface area contributed by atoms with Crippen molar-refractivity contribution in [2.24, 2.45) is 11.8 Å². The van der Waals surface area contributed by atoms with Gasteiger partial charge in [0.25, 0.3) is 0 Å². The fraction of sp³-hybridized carbons (Fsp3) is 0.526. The molecule has 1 aromatic carbocycles. The van der Waals surface area contributed by atoms with Gasteiger partial charge in [-0.3, -0.25) is 4.79 Å². The molecule has 3 rings (SSSR count). The lowest BCUT2D eigenvalue weighted by atomic mass is 9.71. The number of halogens is 6. The number of hydrogen-bond donors (Lipinski definition) is 0. The number of carbonyl (C=O) groups excluding carboxylic acids is 1. The van der Waals surface area contributed by atoms with Crippen LogP contribution >= 0.6 is 0 Å². The summed E-state index contributed by atoms with van der Waals surface area (Å²) in [5, 5.41) is 0. The predicted octanol–water partition coefficient (Wildman–Crippen LogP) is 5.44.